The Kier molecular flexibility index (Phi) is 18.8. The zero-order chi connectivity index (χ0) is 14.7. The third-order valence-corrected chi connectivity index (χ3v) is 4.33. The molecule has 0 aromatic carbocycles. The Morgan fingerprint density at radius 2 is 1.00 bits per heavy atom. The van der Waals surface area contributed by atoms with Crippen LogP contribution in [0.2, 0.25) is 0 Å². The van der Waals surface area contributed by atoms with E-state index in [1.807, 2.05) is 0 Å². The molecule has 0 saturated carbocycles. The first-order valence-electron chi connectivity index (χ1n) is 8.81. The predicted molar refractivity (Wildman–Crippen MR) is 92.1 cm³/mol. The van der Waals surface area contributed by atoms with E-state index in [4.69, 9.17) is 0 Å². The highest BCUT2D eigenvalue weighted by Gasteiger charge is 2.26. The van der Waals surface area contributed by atoms with Gasteiger partial charge in [-0.05, 0) is 37.5 Å². The number of hydrogen-bond donors (Lipinski definition) is 0. The van der Waals surface area contributed by atoms with Gasteiger partial charge in [-0.25, -0.2) is 0 Å². The van der Waals surface area contributed by atoms with Crippen molar-refractivity contribution < 1.29 is 22.4 Å². The SMILES string of the molecule is CCCC[N+](CCCC)(CCC(C)C)CCC(C)C.O.[Cl-]. The molecule has 0 rings (SSSR count). The van der Waals surface area contributed by atoms with Gasteiger partial charge in [-0.1, -0.05) is 54.4 Å². The average molecular weight is 324 g/mol. The molecule has 0 atom stereocenters. The minimum Gasteiger partial charge on any atom is -1.00 e. The Bertz CT molecular complexity index is 185. The van der Waals surface area contributed by atoms with E-state index >= 15 is 0 Å². The second-order valence-electron chi connectivity index (χ2n) is 7.31. The highest BCUT2D eigenvalue weighted by atomic mass is 35.5. The van der Waals surface area contributed by atoms with Crippen LogP contribution in [0, 0.1) is 11.8 Å². The Hall–Kier alpha value is 0.210. The van der Waals surface area contributed by atoms with E-state index in [9.17, 15) is 0 Å². The first kappa shape index (κ1) is 26.1. The van der Waals surface area contributed by atoms with Crippen LogP contribution in [0.4, 0.5) is 0 Å². The normalized spacial score (nSPS) is 11.4. The molecule has 21 heavy (non-hydrogen) atoms. The molecule has 0 heterocycles. The molecule has 0 amide bonds. The van der Waals surface area contributed by atoms with E-state index in [1.165, 1.54) is 69.2 Å². The lowest BCUT2D eigenvalue weighted by molar-refractivity contribution is -0.929. The number of hydrogen-bond acceptors (Lipinski definition) is 0. The van der Waals surface area contributed by atoms with Crippen molar-refractivity contribution in [3.05, 3.63) is 0 Å². The topological polar surface area (TPSA) is 31.5 Å². The first-order valence-corrected chi connectivity index (χ1v) is 8.81. The van der Waals surface area contributed by atoms with Crippen molar-refractivity contribution in [3.8, 4) is 0 Å². The summed E-state index contributed by atoms with van der Waals surface area (Å²) in [5, 5.41) is 0. The van der Waals surface area contributed by atoms with Crippen LogP contribution in [-0.2, 0) is 0 Å². The van der Waals surface area contributed by atoms with Gasteiger partial charge in [0.05, 0.1) is 26.2 Å². The van der Waals surface area contributed by atoms with Gasteiger partial charge in [0.25, 0.3) is 0 Å². The molecule has 0 bridgehead atoms. The fraction of sp³-hybridized carbons (Fsp3) is 1.00. The summed E-state index contributed by atoms with van der Waals surface area (Å²) in [5.74, 6) is 1.69. The summed E-state index contributed by atoms with van der Waals surface area (Å²) in [6, 6.07) is 0. The van der Waals surface area contributed by atoms with Gasteiger partial charge in [-0.3, -0.25) is 0 Å². The van der Waals surface area contributed by atoms with Crippen LogP contribution in [0.1, 0.15) is 80.1 Å². The van der Waals surface area contributed by atoms with Crippen LogP contribution in [0.3, 0.4) is 0 Å². The van der Waals surface area contributed by atoms with Crippen molar-refractivity contribution in [3.63, 3.8) is 0 Å². The third-order valence-electron chi connectivity index (χ3n) is 4.33. The monoisotopic (exact) mass is 323 g/mol. The molecule has 2 N–H and O–H groups in total. The van der Waals surface area contributed by atoms with Gasteiger partial charge in [-0.15, -0.1) is 0 Å². The zero-order valence-electron chi connectivity index (χ0n) is 15.6. The molecule has 0 fully saturated rings. The van der Waals surface area contributed by atoms with Crippen LogP contribution in [0.15, 0.2) is 0 Å². The summed E-state index contributed by atoms with van der Waals surface area (Å²) < 4.78 is 1.40. The molecular weight excluding hydrogens is 282 g/mol. The molecule has 0 aliphatic rings. The van der Waals surface area contributed by atoms with Crippen LogP contribution in [0.5, 0.6) is 0 Å². The van der Waals surface area contributed by atoms with Crippen molar-refractivity contribution in [2.24, 2.45) is 11.8 Å². The average Bonchev–Trinajstić information content (AvgIpc) is 2.37. The molecule has 0 radical (unpaired) electrons. The summed E-state index contributed by atoms with van der Waals surface area (Å²) in [4.78, 5) is 0. The maximum absolute atomic E-state index is 2.37. The molecule has 0 saturated heterocycles. The number of nitrogens with zero attached hydrogens (tertiary/aromatic N) is 1. The predicted octanol–water partition coefficient (Wildman–Crippen LogP) is 1.67. The van der Waals surface area contributed by atoms with Crippen molar-refractivity contribution in [2.75, 3.05) is 26.2 Å². The molecule has 0 spiro atoms. The summed E-state index contributed by atoms with van der Waals surface area (Å²) in [5.41, 5.74) is 0. The Morgan fingerprint density at radius 1 is 0.667 bits per heavy atom. The Balaban J connectivity index is -0.00000162. The summed E-state index contributed by atoms with van der Waals surface area (Å²) in [6.07, 6.45) is 8.28. The standard InChI is InChI=1S/C18H40N.ClH.H2O/c1-7-9-13-19(14-10-8-2,15-11-17(3)4)16-12-18(5)6;;/h17-18H,7-16H2,1-6H3;1H;1H2/q+1;;/p-1. The summed E-state index contributed by atoms with van der Waals surface area (Å²) >= 11 is 0. The third kappa shape index (κ3) is 13.6. The molecule has 0 aromatic rings. The largest absolute Gasteiger partial charge is 1.00 e. The van der Waals surface area contributed by atoms with Crippen LogP contribution in [0.25, 0.3) is 0 Å². The van der Waals surface area contributed by atoms with Crippen LogP contribution >= 0.6 is 0 Å². The minimum atomic E-state index is 0. The van der Waals surface area contributed by atoms with Crippen molar-refractivity contribution in [2.45, 2.75) is 80.1 Å². The van der Waals surface area contributed by atoms with Gasteiger partial charge in [0.15, 0.2) is 0 Å². The quantitative estimate of drug-likeness (QED) is 0.489. The fourth-order valence-corrected chi connectivity index (χ4v) is 2.72. The lowest BCUT2D eigenvalue weighted by atomic mass is 10.0. The van der Waals surface area contributed by atoms with E-state index in [2.05, 4.69) is 41.5 Å². The number of halogens is 1. The highest BCUT2D eigenvalue weighted by molar-refractivity contribution is 4.53. The van der Waals surface area contributed by atoms with Crippen molar-refractivity contribution in [1.82, 2.24) is 0 Å². The zero-order valence-corrected chi connectivity index (χ0v) is 16.3. The van der Waals surface area contributed by atoms with Crippen LogP contribution < -0.4 is 12.4 Å². The number of unbranched alkanes of at least 4 members (excludes halogenated alkanes) is 2. The maximum atomic E-state index is 2.37. The summed E-state index contributed by atoms with van der Waals surface area (Å²) in [6.45, 7) is 19.8. The van der Waals surface area contributed by atoms with Crippen LogP contribution in [-0.4, -0.2) is 36.1 Å². The van der Waals surface area contributed by atoms with E-state index in [0.29, 0.717) is 0 Å². The highest BCUT2D eigenvalue weighted by Crippen LogP contribution is 2.19. The van der Waals surface area contributed by atoms with E-state index in [1.54, 1.807) is 0 Å². The molecular formula is C18H42ClNO. The molecule has 0 aromatic heterocycles. The Labute approximate surface area is 141 Å². The van der Waals surface area contributed by atoms with Gasteiger partial charge < -0.3 is 22.4 Å². The molecule has 0 aliphatic carbocycles. The lowest BCUT2D eigenvalue weighted by Gasteiger charge is -2.40. The van der Waals surface area contributed by atoms with Gasteiger partial charge >= 0.3 is 0 Å². The van der Waals surface area contributed by atoms with Gasteiger partial charge in [0.2, 0.25) is 0 Å². The van der Waals surface area contributed by atoms with E-state index in [-0.39, 0.29) is 17.9 Å². The molecule has 3 heteroatoms. The molecule has 132 valence electrons. The van der Waals surface area contributed by atoms with E-state index in [0.717, 1.165) is 11.8 Å². The maximum Gasteiger partial charge on any atom is 0.0789 e. The fourth-order valence-electron chi connectivity index (χ4n) is 2.72. The second kappa shape index (κ2) is 15.1. The second-order valence-corrected chi connectivity index (χ2v) is 7.31. The molecule has 0 aliphatic heterocycles. The Morgan fingerprint density at radius 3 is 1.24 bits per heavy atom. The smallest absolute Gasteiger partial charge is 0.0789 e. The van der Waals surface area contributed by atoms with Crippen molar-refractivity contribution in [1.29, 1.82) is 0 Å². The number of quaternary nitrogens is 1. The summed E-state index contributed by atoms with van der Waals surface area (Å²) in [7, 11) is 0. The molecule has 0 unspecified atom stereocenters. The van der Waals surface area contributed by atoms with Gasteiger partial charge in [0.1, 0.15) is 0 Å². The number of rotatable bonds is 12. The first-order chi connectivity index (χ1) is 8.95. The van der Waals surface area contributed by atoms with Gasteiger partial charge in [0, 0.05) is 0 Å². The minimum absolute atomic E-state index is 0. The van der Waals surface area contributed by atoms with Gasteiger partial charge in [-0.2, -0.15) is 0 Å². The molecule has 2 nitrogen and oxygen atoms in total. The van der Waals surface area contributed by atoms with E-state index < -0.39 is 0 Å². The van der Waals surface area contributed by atoms with Crippen molar-refractivity contribution >= 4 is 0 Å². The lowest BCUT2D eigenvalue weighted by Crippen LogP contribution is -3.00.